The van der Waals surface area contributed by atoms with Crippen LogP contribution >= 0.6 is 0 Å². The molecule has 0 radical (unpaired) electrons. The van der Waals surface area contributed by atoms with Crippen molar-refractivity contribution in [2.75, 3.05) is 7.11 Å². The van der Waals surface area contributed by atoms with E-state index in [4.69, 9.17) is 9.47 Å². The molecule has 17 heavy (non-hydrogen) atoms. The average molecular weight is 242 g/mol. The number of ether oxygens (including phenoxy) is 2. The maximum atomic E-state index is 11.9. The predicted molar refractivity (Wildman–Crippen MR) is 62.5 cm³/mol. The molecule has 4 heteroatoms. The Morgan fingerprint density at radius 1 is 1.53 bits per heavy atom. The quantitative estimate of drug-likeness (QED) is 0.764. The fraction of sp³-hybridized carbons (Fsp3) is 0.923. The lowest BCUT2D eigenvalue weighted by atomic mass is 9.66. The van der Waals surface area contributed by atoms with Crippen molar-refractivity contribution in [1.82, 2.24) is 0 Å². The minimum atomic E-state index is -0.712. The fourth-order valence-electron chi connectivity index (χ4n) is 3.40. The average Bonchev–Trinajstić information content (AvgIpc) is 2.82. The van der Waals surface area contributed by atoms with Gasteiger partial charge in [0.15, 0.2) is 0 Å². The molecule has 2 fully saturated rings. The molecule has 2 rings (SSSR count). The SMILES string of the molecule is CC[C@]12CC[C@](C(C)(C)C(=O)OC)(C[C@H]1O)O2. The second-order valence-electron chi connectivity index (χ2n) is 5.85. The van der Waals surface area contributed by atoms with Gasteiger partial charge in [0.25, 0.3) is 0 Å². The number of methoxy groups -OCH3 is 1. The zero-order chi connectivity index (χ0) is 12.9. The van der Waals surface area contributed by atoms with Gasteiger partial charge in [0.1, 0.15) is 0 Å². The first-order chi connectivity index (χ1) is 7.83. The van der Waals surface area contributed by atoms with Gasteiger partial charge in [-0.1, -0.05) is 6.92 Å². The smallest absolute Gasteiger partial charge is 0.314 e. The summed E-state index contributed by atoms with van der Waals surface area (Å²) in [7, 11) is 1.40. The Morgan fingerprint density at radius 3 is 2.59 bits per heavy atom. The third kappa shape index (κ3) is 1.47. The van der Waals surface area contributed by atoms with Gasteiger partial charge in [0.05, 0.1) is 29.8 Å². The first-order valence-corrected chi connectivity index (χ1v) is 6.30. The van der Waals surface area contributed by atoms with Gasteiger partial charge in [-0.05, 0) is 33.1 Å². The largest absolute Gasteiger partial charge is 0.469 e. The monoisotopic (exact) mass is 242 g/mol. The van der Waals surface area contributed by atoms with Crippen molar-refractivity contribution < 1.29 is 19.4 Å². The zero-order valence-electron chi connectivity index (χ0n) is 11.1. The highest BCUT2D eigenvalue weighted by molar-refractivity contribution is 5.77. The number of carbonyl (C=O) groups excluding carboxylic acids is 1. The summed E-state index contributed by atoms with van der Waals surface area (Å²) in [5, 5.41) is 10.2. The number of hydrogen-bond acceptors (Lipinski definition) is 4. The maximum absolute atomic E-state index is 11.9. The maximum Gasteiger partial charge on any atom is 0.314 e. The van der Waals surface area contributed by atoms with Crippen LogP contribution in [0.15, 0.2) is 0 Å². The number of aliphatic hydroxyl groups excluding tert-OH is 1. The van der Waals surface area contributed by atoms with Gasteiger partial charge in [0, 0.05) is 6.42 Å². The number of carbonyl (C=O) groups is 1. The van der Waals surface area contributed by atoms with E-state index in [0.29, 0.717) is 6.42 Å². The van der Waals surface area contributed by atoms with Crippen molar-refractivity contribution >= 4 is 5.97 Å². The van der Waals surface area contributed by atoms with E-state index < -0.39 is 22.7 Å². The van der Waals surface area contributed by atoms with Crippen LogP contribution in [0.3, 0.4) is 0 Å². The molecule has 2 aliphatic heterocycles. The molecular weight excluding hydrogens is 220 g/mol. The van der Waals surface area contributed by atoms with Crippen LogP contribution in [-0.2, 0) is 14.3 Å². The van der Waals surface area contributed by atoms with Crippen molar-refractivity contribution in [3.05, 3.63) is 0 Å². The van der Waals surface area contributed by atoms with E-state index in [2.05, 4.69) is 0 Å². The van der Waals surface area contributed by atoms with Crippen molar-refractivity contribution in [2.24, 2.45) is 5.41 Å². The number of aliphatic hydroxyl groups is 1. The van der Waals surface area contributed by atoms with Gasteiger partial charge >= 0.3 is 5.97 Å². The number of hydrogen-bond donors (Lipinski definition) is 1. The molecule has 0 saturated carbocycles. The highest BCUT2D eigenvalue weighted by Crippen LogP contribution is 2.59. The molecular formula is C13H22O4. The number of fused-ring (bicyclic) bond motifs is 2. The molecule has 0 aromatic heterocycles. The van der Waals surface area contributed by atoms with E-state index >= 15 is 0 Å². The lowest BCUT2D eigenvalue weighted by Crippen LogP contribution is -2.49. The van der Waals surface area contributed by atoms with E-state index in [0.717, 1.165) is 19.3 Å². The van der Waals surface area contributed by atoms with Crippen molar-refractivity contribution in [3.63, 3.8) is 0 Å². The Bertz CT molecular complexity index is 338. The predicted octanol–water partition coefficient (Wildman–Crippen LogP) is 1.65. The molecule has 0 spiro atoms. The fourth-order valence-corrected chi connectivity index (χ4v) is 3.40. The van der Waals surface area contributed by atoms with Crippen molar-refractivity contribution in [3.8, 4) is 0 Å². The highest BCUT2D eigenvalue weighted by Gasteiger charge is 2.67. The van der Waals surface area contributed by atoms with Crippen LogP contribution in [0, 0.1) is 5.41 Å². The summed E-state index contributed by atoms with van der Waals surface area (Å²) in [6.45, 7) is 5.72. The summed E-state index contributed by atoms with van der Waals surface area (Å²) in [6.07, 6.45) is 2.49. The van der Waals surface area contributed by atoms with Crippen LogP contribution in [0.5, 0.6) is 0 Å². The van der Waals surface area contributed by atoms with Crippen LogP contribution < -0.4 is 0 Å². The minimum Gasteiger partial charge on any atom is -0.469 e. The van der Waals surface area contributed by atoms with E-state index in [1.165, 1.54) is 7.11 Å². The Kier molecular flexibility index (Phi) is 2.79. The summed E-state index contributed by atoms with van der Waals surface area (Å²) in [5.41, 5.74) is -1.71. The van der Waals surface area contributed by atoms with Crippen LogP contribution in [-0.4, -0.2) is 35.5 Å². The second kappa shape index (κ2) is 3.69. The first-order valence-electron chi connectivity index (χ1n) is 6.30. The van der Waals surface area contributed by atoms with E-state index in [-0.39, 0.29) is 5.97 Å². The van der Waals surface area contributed by atoms with E-state index in [9.17, 15) is 9.90 Å². The van der Waals surface area contributed by atoms with Gasteiger partial charge in [0.2, 0.25) is 0 Å². The van der Waals surface area contributed by atoms with Gasteiger partial charge in [-0.2, -0.15) is 0 Å². The van der Waals surface area contributed by atoms with Crippen LogP contribution in [0.25, 0.3) is 0 Å². The number of esters is 1. The van der Waals surface area contributed by atoms with Crippen molar-refractivity contribution in [2.45, 2.75) is 63.8 Å². The van der Waals surface area contributed by atoms with Gasteiger partial charge in [-0.25, -0.2) is 0 Å². The molecule has 98 valence electrons. The molecule has 1 N–H and O–H groups in total. The molecule has 2 saturated heterocycles. The lowest BCUT2D eigenvalue weighted by molar-refractivity contribution is -0.173. The van der Waals surface area contributed by atoms with E-state index in [1.807, 2.05) is 20.8 Å². The van der Waals surface area contributed by atoms with Crippen LogP contribution in [0.2, 0.25) is 0 Å². The van der Waals surface area contributed by atoms with E-state index in [1.54, 1.807) is 0 Å². The highest BCUT2D eigenvalue weighted by atomic mass is 16.6. The van der Waals surface area contributed by atoms with Crippen LogP contribution in [0.4, 0.5) is 0 Å². The molecule has 2 heterocycles. The Labute approximate surface area is 102 Å². The Balaban J connectivity index is 2.32. The summed E-state index contributed by atoms with van der Waals surface area (Å²) >= 11 is 0. The summed E-state index contributed by atoms with van der Waals surface area (Å²) in [5.74, 6) is -0.265. The molecule has 4 nitrogen and oxygen atoms in total. The summed E-state index contributed by atoms with van der Waals surface area (Å²) in [6, 6.07) is 0. The Morgan fingerprint density at radius 2 is 2.18 bits per heavy atom. The lowest BCUT2D eigenvalue weighted by Gasteiger charge is -2.39. The van der Waals surface area contributed by atoms with Gasteiger partial charge in [-0.15, -0.1) is 0 Å². The van der Waals surface area contributed by atoms with Crippen LogP contribution in [0.1, 0.15) is 46.5 Å². The normalized spacial score (nSPS) is 40.6. The summed E-state index contributed by atoms with van der Waals surface area (Å²) < 4.78 is 11.0. The molecule has 0 aromatic carbocycles. The molecule has 3 atom stereocenters. The zero-order valence-corrected chi connectivity index (χ0v) is 11.1. The molecule has 2 bridgehead atoms. The second-order valence-corrected chi connectivity index (χ2v) is 5.85. The number of rotatable bonds is 3. The molecule has 0 aliphatic carbocycles. The topological polar surface area (TPSA) is 55.8 Å². The van der Waals surface area contributed by atoms with Crippen molar-refractivity contribution in [1.29, 1.82) is 0 Å². The summed E-state index contributed by atoms with van der Waals surface area (Å²) in [4.78, 5) is 11.9. The third-order valence-electron chi connectivity index (χ3n) is 4.91. The third-order valence-corrected chi connectivity index (χ3v) is 4.91. The first kappa shape index (κ1) is 12.8. The molecule has 2 aliphatic rings. The molecule has 0 unspecified atom stereocenters. The van der Waals surface area contributed by atoms with Gasteiger partial charge in [-0.3, -0.25) is 4.79 Å². The molecule has 0 aromatic rings. The minimum absolute atomic E-state index is 0.265. The Hall–Kier alpha value is -0.610. The standard InChI is InChI=1S/C13H22O4/c1-5-12-6-7-13(17-12,8-9(12)14)11(2,3)10(15)16-4/h9,14H,5-8H2,1-4H3/t9-,12+,13-/m1/s1. The van der Waals surface area contributed by atoms with Gasteiger partial charge < -0.3 is 14.6 Å². The molecule has 0 amide bonds.